The zero-order valence-corrected chi connectivity index (χ0v) is 15.2. The largest absolute Gasteiger partial charge is 0.300 e. The molecule has 1 unspecified atom stereocenters. The zero-order chi connectivity index (χ0) is 17.6. The lowest BCUT2D eigenvalue weighted by Crippen LogP contribution is -2.66. The number of halogens is 1. The van der Waals surface area contributed by atoms with Crippen molar-refractivity contribution in [3.05, 3.63) is 57.2 Å². The summed E-state index contributed by atoms with van der Waals surface area (Å²) < 4.78 is 0. The lowest BCUT2D eigenvalue weighted by atomic mass is 9.77. The summed E-state index contributed by atoms with van der Waals surface area (Å²) in [6, 6.07) is 11.0. The van der Waals surface area contributed by atoms with Crippen molar-refractivity contribution in [1.29, 1.82) is 0 Å². The van der Waals surface area contributed by atoms with E-state index in [-0.39, 0.29) is 5.11 Å². The molecular formula is C17H12ClN3O2S2. The number of benzene rings is 1. The Kier molecular flexibility index (Phi) is 3.94. The van der Waals surface area contributed by atoms with Crippen molar-refractivity contribution in [2.24, 2.45) is 4.99 Å². The van der Waals surface area contributed by atoms with Gasteiger partial charge in [0.05, 0.1) is 5.71 Å². The van der Waals surface area contributed by atoms with Crippen molar-refractivity contribution in [3.8, 4) is 0 Å². The van der Waals surface area contributed by atoms with E-state index in [9.17, 15) is 9.59 Å². The van der Waals surface area contributed by atoms with Gasteiger partial charge in [0.1, 0.15) is 0 Å². The molecule has 0 radical (unpaired) electrons. The van der Waals surface area contributed by atoms with E-state index in [4.69, 9.17) is 23.8 Å². The smallest absolute Gasteiger partial charge is 0.264 e. The molecule has 2 aromatic rings. The third-order valence-corrected chi connectivity index (χ3v) is 5.81. The molecular weight excluding hydrogens is 378 g/mol. The van der Waals surface area contributed by atoms with E-state index in [0.717, 1.165) is 16.2 Å². The second kappa shape index (κ2) is 6.01. The van der Waals surface area contributed by atoms with E-state index < -0.39 is 23.3 Å². The quantitative estimate of drug-likeness (QED) is 0.612. The van der Waals surface area contributed by atoms with Crippen LogP contribution >= 0.6 is 35.2 Å². The summed E-state index contributed by atoms with van der Waals surface area (Å²) in [5, 5.41) is 7.64. The fourth-order valence-corrected chi connectivity index (χ4v) is 4.32. The number of hydrogen-bond donors (Lipinski definition) is 2. The molecule has 8 heteroatoms. The van der Waals surface area contributed by atoms with Crippen LogP contribution < -0.4 is 10.6 Å². The Hall–Kier alpha value is -2.09. The van der Waals surface area contributed by atoms with E-state index in [2.05, 4.69) is 15.6 Å². The van der Waals surface area contributed by atoms with Crippen LogP contribution in [0.2, 0.25) is 5.02 Å². The molecule has 5 nitrogen and oxygen atoms in total. The summed E-state index contributed by atoms with van der Waals surface area (Å²) in [5.74, 6) is -1.41. The van der Waals surface area contributed by atoms with Crippen LogP contribution in [0.15, 0.2) is 46.8 Å². The van der Waals surface area contributed by atoms with Crippen molar-refractivity contribution in [2.75, 3.05) is 0 Å². The number of nitrogens with zero attached hydrogens (tertiary/aromatic N) is 1. The van der Waals surface area contributed by atoms with Gasteiger partial charge < -0.3 is 10.6 Å². The number of rotatable bonds is 2. The first kappa shape index (κ1) is 16.4. The second-order valence-corrected chi connectivity index (χ2v) is 7.64. The molecule has 4 rings (SSSR count). The molecule has 2 aliphatic rings. The van der Waals surface area contributed by atoms with E-state index in [1.54, 1.807) is 12.1 Å². The fraction of sp³-hybridized carbons (Fsp3) is 0.176. The Bertz CT molecular complexity index is 886. The summed E-state index contributed by atoms with van der Waals surface area (Å²) in [5.41, 5.74) is 0.0148. The predicted molar refractivity (Wildman–Crippen MR) is 101 cm³/mol. The molecule has 0 bridgehead atoms. The summed E-state index contributed by atoms with van der Waals surface area (Å²) in [7, 11) is 0. The highest BCUT2D eigenvalue weighted by Gasteiger charge is 2.59. The maximum absolute atomic E-state index is 12.8. The first-order valence-corrected chi connectivity index (χ1v) is 9.22. The molecule has 0 aliphatic carbocycles. The maximum Gasteiger partial charge on any atom is 0.264 e. The Morgan fingerprint density at radius 2 is 1.84 bits per heavy atom. The van der Waals surface area contributed by atoms with Crippen molar-refractivity contribution in [3.63, 3.8) is 0 Å². The Labute approximate surface area is 158 Å². The third-order valence-electron chi connectivity index (χ3n) is 4.44. The molecule has 1 atom stereocenters. The Morgan fingerprint density at radius 1 is 1.16 bits per heavy atom. The van der Waals surface area contributed by atoms with E-state index in [1.165, 1.54) is 11.3 Å². The Morgan fingerprint density at radius 3 is 2.44 bits per heavy atom. The number of nitrogens with one attached hydrogen (secondary N) is 2. The van der Waals surface area contributed by atoms with Gasteiger partial charge in [-0.3, -0.25) is 14.6 Å². The van der Waals surface area contributed by atoms with Crippen LogP contribution in [0, 0.1) is 0 Å². The van der Waals surface area contributed by atoms with Crippen LogP contribution in [0.25, 0.3) is 0 Å². The van der Waals surface area contributed by atoms with Gasteiger partial charge in [0, 0.05) is 22.2 Å². The average Bonchev–Trinajstić information content (AvgIpc) is 3.22. The van der Waals surface area contributed by atoms with Crippen molar-refractivity contribution in [1.82, 2.24) is 10.6 Å². The molecule has 25 heavy (non-hydrogen) atoms. The number of thiocarbonyl (C=S) groups is 1. The second-order valence-electron chi connectivity index (χ2n) is 5.85. The van der Waals surface area contributed by atoms with Gasteiger partial charge in [-0.05, 0) is 41.4 Å². The van der Waals surface area contributed by atoms with E-state index in [1.807, 2.05) is 29.6 Å². The molecule has 1 fully saturated rings. The van der Waals surface area contributed by atoms with Crippen LogP contribution in [0.5, 0.6) is 0 Å². The number of aliphatic imine (C=N–C) groups is 1. The molecule has 1 aromatic carbocycles. The number of carbonyl (C=O) groups is 2. The molecule has 2 N–H and O–H groups in total. The van der Waals surface area contributed by atoms with E-state index in [0.29, 0.717) is 11.4 Å². The maximum atomic E-state index is 12.8. The van der Waals surface area contributed by atoms with E-state index >= 15 is 0 Å². The molecule has 1 saturated heterocycles. The van der Waals surface area contributed by atoms with Crippen molar-refractivity contribution < 1.29 is 9.59 Å². The lowest BCUT2D eigenvalue weighted by Gasteiger charge is -2.34. The molecule has 2 aliphatic heterocycles. The lowest BCUT2D eigenvalue weighted by molar-refractivity contribution is -0.137. The van der Waals surface area contributed by atoms with Crippen molar-refractivity contribution >= 4 is 57.8 Å². The van der Waals surface area contributed by atoms with Crippen LogP contribution in [-0.2, 0) is 9.59 Å². The molecule has 0 saturated carbocycles. The molecule has 3 heterocycles. The van der Waals surface area contributed by atoms with Gasteiger partial charge in [0.15, 0.2) is 5.11 Å². The highest BCUT2D eigenvalue weighted by molar-refractivity contribution is 7.80. The average molecular weight is 390 g/mol. The van der Waals surface area contributed by atoms with Gasteiger partial charge in [-0.15, -0.1) is 11.3 Å². The normalized spacial score (nSPS) is 21.9. The Balaban J connectivity index is 1.85. The van der Waals surface area contributed by atoms with Gasteiger partial charge >= 0.3 is 0 Å². The summed E-state index contributed by atoms with van der Waals surface area (Å²) >= 11 is 12.4. The van der Waals surface area contributed by atoms with Crippen LogP contribution in [0.3, 0.4) is 0 Å². The number of carbonyl (C=O) groups excluding carboxylic acids is 2. The monoisotopic (exact) mass is 389 g/mol. The first-order chi connectivity index (χ1) is 12.0. The minimum atomic E-state index is -1.56. The number of thiophene rings is 1. The molecule has 126 valence electrons. The zero-order valence-electron chi connectivity index (χ0n) is 12.8. The standard InChI is InChI=1S/C17H12ClN3O2S2/c18-10-5-3-9(4-6-10)11-8-12(13-2-1-7-25-13)21-17(11)14(22)19-16(24)20-15(17)23/h1-7,11H,8H2,(H2,19,20,22,23,24). The van der Waals surface area contributed by atoms with Crippen molar-refractivity contribution in [2.45, 2.75) is 17.9 Å². The van der Waals surface area contributed by atoms with Crippen LogP contribution in [0.4, 0.5) is 0 Å². The molecule has 1 aromatic heterocycles. The van der Waals surface area contributed by atoms with Gasteiger partial charge in [-0.2, -0.15) is 0 Å². The van der Waals surface area contributed by atoms with Crippen LogP contribution in [-0.4, -0.2) is 28.2 Å². The minimum Gasteiger partial charge on any atom is -0.300 e. The van der Waals surface area contributed by atoms with Gasteiger partial charge in [0.25, 0.3) is 11.8 Å². The van der Waals surface area contributed by atoms with Gasteiger partial charge in [0.2, 0.25) is 5.54 Å². The fourth-order valence-electron chi connectivity index (χ4n) is 3.28. The van der Waals surface area contributed by atoms with Gasteiger partial charge in [-0.1, -0.05) is 29.8 Å². The first-order valence-electron chi connectivity index (χ1n) is 7.55. The van der Waals surface area contributed by atoms with Gasteiger partial charge in [-0.25, -0.2) is 0 Å². The summed E-state index contributed by atoms with van der Waals surface area (Å²) in [6.07, 6.45) is 0.482. The number of hydrogen-bond acceptors (Lipinski definition) is 5. The topological polar surface area (TPSA) is 70.6 Å². The summed E-state index contributed by atoms with van der Waals surface area (Å²) in [6.45, 7) is 0. The number of amides is 2. The molecule has 1 spiro atoms. The third kappa shape index (κ3) is 2.59. The minimum absolute atomic E-state index is 0.00950. The highest BCUT2D eigenvalue weighted by Crippen LogP contribution is 2.43. The SMILES string of the molecule is O=C1NC(=S)NC(=O)C12N=C(c1cccs1)CC2c1ccc(Cl)cc1. The predicted octanol–water partition coefficient (Wildman–Crippen LogP) is 2.65. The van der Waals surface area contributed by atoms with Crippen LogP contribution in [0.1, 0.15) is 22.8 Å². The summed E-state index contributed by atoms with van der Waals surface area (Å²) in [4.78, 5) is 31.2. The molecule has 2 amide bonds. The highest BCUT2D eigenvalue weighted by atomic mass is 35.5.